The van der Waals surface area contributed by atoms with Gasteiger partial charge in [0, 0.05) is 9.50 Å². The molecule has 6 rings (SSSR count). The van der Waals surface area contributed by atoms with E-state index in [-0.39, 0.29) is 5.41 Å². The third-order valence-corrected chi connectivity index (χ3v) is 7.00. The minimum atomic E-state index is -0.379. The second kappa shape index (κ2) is 5.34. The maximum Gasteiger partial charge on any atom is 0.0751 e. The fourth-order valence-corrected chi connectivity index (χ4v) is 6.14. The van der Waals surface area contributed by atoms with Crippen molar-refractivity contribution in [2.24, 2.45) is 0 Å². The van der Waals surface area contributed by atoms with Gasteiger partial charge in [0.25, 0.3) is 0 Å². The highest BCUT2D eigenvalue weighted by Crippen LogP contribution is 2.65. The van der Waals surface area contributed by atoms with Gasteiger partial charge in [0.1, 0.15) is 0 Å². The lowest BCUT2D eigenvalue weighted by Crippen LogP contribution is -2.26. The minimum absolute atomic E-state index is 0.379. The van der Waals surface area contributed by atoms with Crippen molar-refractivity contribution in [1.82, 2.24) is 0 Å². The van der Waals surface area contributed by atoms with Crippen molar-refractivity contribution in [2.45, 2.75) is 5.41 Å². The van der Waals surface area contributed by atoms with Gasteiger partial charge in [-0.05, 0) is 56.6 Å². The second-order valence-corrected chi connectivity index (χ2v) is 8.43. The normalized spacial score (nSPS) is 18.1. The van der Waals surface area contributed by atoms with Crippen LogP contribution in [0.25, 0.3) is 22.3 Å². The quantitative estimate of drug-likeness (QED) is 0.235. The molecule has 0 aliphatic heterocycles. The van der Waals surface area contributed by atoms with Crippen LogP contribution < -0.4 is 0 Å². The lowest BCUT2D eigenvalue weighted by atomic mass is 9.70. The molecule has 4 aromatic rings. The van der Waals surface area contributed by atoms with E-state index >= 15 is 0 Å². The van der Waals surface area contributed by atoms with Crippen LogP contribution in [0.4, 0.5) is 0 Å². The summed E-state index contributed by atoms with van der Waals surface area (Å²) < 4.78 is 1.12. The van der Waals surface area contributed by atoms with Crippen LogP contribution in [-0.2, 0) is 5.41 Å². The van der Waals surface area contributed by atoms with Gasteiger partial charge in [-0.3, -0.25) is 0 Å². The summed E-state index contributed by atoms with van der Waals surface area (Å²) in [4.78, 5) is 0. The third-order valence-electron chi connectivity index (χ3n) is 6.02. The summed E-state index contributed by atoms with van der Waals surface area (Å²) >= 11 is 10.8. The Morgan fingerprint density at radius 3 is 1.74 bits per heavy atom. The number of hydrogen-bond acceptors (Lipinski definition) is 0. The number of benzene rings is 4. The Balaban J connectivity index is 1.92. The molecule has 0 N–H and O–H groups in total. The van der Waals surface area contributed by atoms with E-state index in [1.165, 1.54) is 44.5 Å². The maximum absolute atomic E-state index is 6.90. The van der Waals surface area contributed by atoms with E-state index in [9.17, 15) is 0 Å². The predicted octanol–water partition coefficient (Wildman–Crippen LogP) is 7.45. The number of halogens is 2. The molecule has 0 saturated carbocycles. The first-order valence-corrected chi connectivity index (χ1v) is 10.2. The zero-order valence-electron chi connectivity index (χ0n) is 14.3. The van der Waals surface area contributed by atoms with Crippen LogP contribution in [-0.4, -0.2) is 0 Å². The van der Waals surface area contributed by atoms with Crippen molar-refractivity contribution < 1.29 is 0 Å². The highest BCUT2D eigenvalue weighted by Gasteiger charge is 2.53. The SMILES string of the molecule is Clc1cccc2c1C1(c3ccccc3-2)c2ccccc2-c2cccc(Br)c21. The van der Waals surface area contributed by atoms with Crippen molar-refractivity contribution in [3.05, 3.63) is 117 Å². The van der Waals surface area contributed by atoms with Gasteiger partial charge in [-0.1, -0.05) is 100 Å². The van der Waals surface area contributed by atoms with E-state index in [4.69, 9.17) is 11.6 Å². The molecule has 0 bridgehead atoms. The van der Waals surface area contributed by atoms with E-state index in [2.05, 4.69) is 94.8 Å². The van der Waals surface area contributed by atoms with E-state index in [1.54, 1.807) is 0 Å². The maximum atomic E-state index is 6.90. The molecule has 2 aliphatic rings. The lowest BCUT2D eigenvalue weighted by Gasteiger charge is -2.31. The Morgan fingerprint density at radius 2 is 1.07 bits per heavy atom. The van der Waals surface area contributed by atoms with E-state index in [1.807, 2.05) is 6.07 Å². The van der Waals surface area contributed by atoms with Crippen LogP contribution >= 0.6 is 27.5 Å². The van der Waals surface area contributed by atoms with Gasteiger partial charge in [0.2, 0.25) is 0 Å². The van der Waals surface area contributed by atoms with Crippen LogP contribution in [0.3, 0.4) is 0 Å². The first kappa shape index (κ1) is 15.7. The summed E-state index contributed by atoms with van der Waals surface area (Å²) in [5.74, 6) is 0. The van der Waals surface area contributed by atoms with Crippen molar-refractivity contribution in [3.8, 4) is 22.3 Å². The van der Waals surface area contributed by atoms with Crippen molar-refractivity contribution in [2.75, 3.05) is 0 Å². The molecule has 0 saturated heterocycles. The lowest BCUT2D eigenvalue weighted by molar-refractivity contribution is 0.789. The molecule has 0 amide bonds. The van der Waals surface area contributed by atoms with Gasteiger partial charge in [-0.2, -0.15) is 0 Å². The molecule has 0 aromatic heterocycles. The monoisotopic (exact) mass is 428 g/mol. The predicted molar refractivity (Wildman–Crippen MR) is 115 cm³/mol. The number of rotatable bonds is 0. The Hall–Kier alpha value is -2.35. The molecular formula is C25H14BrCl. The summed E-state index contributed by atoms with van der Waals surface area (Å²) in [7, 11) is 0. The number of fused-ring (bicyclic) bond motifs is 10. The van der Waals surface area contributed by atoms with Crippen molar-refractivity contribution >= 4 is 27.5 Å². The first-order valence-electron chi connectivity index (χ1n) is 9.02. The molecule has 2 heteroatoms. The Kier molecular flexibility index (Phi) is 3.10. The zero-order chi connectivity index (χ0) is 18.2. The van der Waals surface area contributed by atoms with E-state index < -0.39 is 0 Å². The summed E-state index contributed by atoms with van der Waals surface area (Å²) in [5, 5.41) is 0.821. The van der Waals surface area contributed by atoms with Gasteiger partial charge in [0.15, 0.2) is 0 Å². The van der Waals surface area contributed by atoms with Crippen LogP contribution in [0.15, 0.2) is 89.4 Å². The van der Waals surface area contributed by atoms with Gasteiger partial charge >= 0.3 is 0 Å². The Morgan fingerprint density at radius 1 is 0.556 bits per heavy atom. The van der Waals surface area contributed by atoms with Crippen molar-refractivity contribution in [1.29, 1.82) is 0 Å². The average molecular weight is 430 g/mol. The van der Waals surface area contributed by atoms with Gasteiger partial charge < -0.3 is 0 Å². The minimum Gasteiger partial charge on any atom is -0.0840 e. The van der Waals surface area contributed by atoms with E-state index in [0.29, 0.717) is 0 Å². The molecule has 1 unspecified atom stereocenters. The molecular weight excluding hydrogens is 416 g/mol. The second-order valence-electron chi connectivity index (χ2n) is 7.17. The molecule has 2 aliphatic carbocycles. The molecule has 0 radical (unpaired) electrons. The highest BCUT2D eigenvalue weighted by atomic mass is 79.9. The summed E-state index contributed by atoms with van der Waals surface area (Å²) in [6, 6.07) is 30.2. The molecule has 1 atom stereocenters. The first-order chi connectivity index (χ1) is 13.2. The van der Waals surface area contributed by atoms with Crippen molar-refractivity contribution in [3.63, 3.8) is 0 Å². The van der Waals surface area contributed by atoms with Gasteiger partial charge in [0.05, 0.1) is 5.41 Å². The average Bonchev–Trinajstić information content (AvgIpc) is 3.17. The molecule has 0 fully saturated rings. The zero-order valence-corrected chi connectivity index (χ0v) is 16.7. The molecule has 4 aromatic carbocycles. The van der Waals surface area contributed by atoms with E-state index in [0.717, 1.165) is 9.50 Å². The van der Waals surface area contributed by atoms with Crippen LogP contribution in [0, 0.1) is 0 Å². The van der Waals surface area contributed by atoms with Crippen LogP contribution in [0.1, 0.15) is 22.3 Å². The fourth-order valence-electron chi connectivity index (χ4n) is 5.16. The molecule has 1 spiro atoms. The largest absolute Gasteiger partial charge is 0.0840 e. The summed E-state index contributed by atoms with van der Waals surface area (Å²) in [6.45, 7) is 0. The smallest absolute Gasteiger partial charge is 0.0751 e. The Bertz CT molecular complexity index is 1160. The third kappa shape index (κ3) is 1.75. The number of hydrogen-bond donors (Lipinski definition) is 0. The summed E-state index contributed by atoms with van der Waals surface area (Å²) in [5.41, 5.74) is 9.81. The fraction of sp³-hybridized carbons (Fsp3) is 0.0400. The van der Waals surface area contributed by atoms with Crippen LogP contribution in [0.2, 0.25) is 5.02 Å². The molecule has 27 heavy (non-hydrogen) atoms. The molecule has 0 heterocycles. The highest BCUT2D eigenvalue weighted by molar-refractivity contribution is 9.10. The molecule has 128 valence electrons. The Labute approximate surface area is 171 Å². The standard InChI is InChI=1S/C25H14BrCl/c26-21-13-5-9-17-15-7-1-3-11-19(15)25(23(17)21)20-12-4-2-8-16(20)18-10-6-14-22(27)24(18)25/h1-14H. The molecule has 0 nitrogen and oxygen atoms in total. The summed E-state index contributed by atoms with van der Waals surface area (Å²) in [6.07, 6.45) is 0. The van der Waals surface area contributed by atoms with Crippen LogP contribution in [0.5, 0.6) is 0 Å². The topological polar surface area (TPSA) is 0 Å². The van der Waals surface area contributed by atoms with Gasteiger partial charge in [-0.25, -0.2) is 0 Å². The van der Waals surface area contributed by atoms with Gasteiger partial charge in [-0.15, -0.1) is 0 Å².